The van der Waals surface area contributed by atoms with Crippen LogP contribution in [0.3, 0.4) is 0 Å². The number of amidine groups is 1. The van der Waals surface area contributed by atoms with E-state index >= 15 is 0 Å². The Kier molecular flexibility index (Phi) is 9.91. The first kappa shape index (κ1) is 28.9. The minimum atomic E-state index is -0.940. The molecule has 0 atom stereocenters. The van der Waals surface area contributed by atoms with Gasteiger partial charge in [0.05, 0.1) is 23.7 Å². The van der Waals surface area contributed by atoms with Gasteiger partial charge in [-0.05, 0) is 124 Å². The fraction of sp³-hybridized carbons (Fsp3) is 0.433. The number of halogens is 2. The van der Waals surface area contributed by atoms with Crippen LogP contribution in [0.4, 0.5) is 0 Å². The van der Waals surface area contributed by atoms with Crippen molar-refractivity contribution in [3.63, 3.8) is 0 Å². The number of thioether (sulfide) groups is 1. The first-order valence-corrected chi connectivity index (χ1v) is 16.6. The molecule has 1 amide bonds. The molecule has 39 heavy (non-hydrogen) atoms. The lowest BCUT2D eigenvalue weighted by atomic mass is 9.94. The van der Waals surface area contributed by atoms with Gasteiger partial charge in [0.15, 0.2) is 5.17 Å². The number of carbonyl (C=O) groups excluding carboxylic acids is 1. The second-order valence-corrected chi connectivity index (χ2v) is 13.7. The van der Waals surface area contributed by atoms with E-state index < -0.39 is 5.97 Å². The zero-order chi connectivity index (χ0) is 27.4. The average Bonchev–Trinajstić information content (AvgIpc) is 3.23. The SMILES string of the molecule is O=C(O)c1ccc(COc2c(I)cc(C=C3SC(=NC4CCCCC4)N(C4CCCCC4)C3=O)cc2I)cc1. The first-order valence-electron chi connectivity index (χ1n) is 13.6. The van der Waals surface area contributed by atoms with Gasteiger partial charge in [-0.25, -0.2) is 4.79 Å². The zero-order valence-electron chi connectivity index (χ0n) is 21.7. The predicted molar refractivity (Wildman–Crippen MR) is 173 cm³/mol. The maximum atomic E-state index is 13.7. The molecule has 1 saturated heterocycles. The van der Waals surface area contributed by atoms with Crippen molar-refractivity contribution in [1.29, 1.82) is 0 Å². The number of aromatic carboxylic acids is 1. The van der Waals surface area contributed by atoms with Gasteiger partial charge < -0.3 is 9.84 Å². The number of nitrogens with zero attached hydrogens (tertiary/aromatic N) is 2. The molecule has 2 aliphatic carbocycles. The van der Waals surface area contributed by atoms with E-state index in [0.717, 1.165) is 59.8 Å². The van der Waals surface area contributed by atoms with E-state index in [-0.39, 0.29) is 17.5 Å². The third-order valence-corrected chi connectivity index (χ3v) is 10.1. The van der Waals surface area contributed by atoms with Crippen LogP contribution in [0, 0.1) is 7.14 Å². The normalized spacial score (nSPS) is 21.2. The third kappa shape index (κ3) is 7.19. The maximum Gasteiger partial charge on any atom is 0.335 e. The molecule has 5 rings (SSSR count). The van der Waals surface area contributed by atoms with Crippen molar-refractivity contribution in [1.82, 2.24) is 4.90 Å². The van der Waals surface area contributed by atoms with E-state index in [0.29, 0.717) is 12.6 Å². The molecule has 3 aliphatic rings. The number of benzene rings is 2. The molecule has 2 aromatic carbocycles. The topological polar surface area (TPSA) is 79.2 Å². The number of carbonyl (C=O) groups is 2. The summed E-state index contributed by atoms with van der Waals surface area (Å²) in [7, 11) is 0. The summed E-state index contributed by atoms with van der Waals surface area (Å²) in [6.45, 7) is 0.345. The fourth-order valence-corrected chi connectivity index (χ4v) is 8.69. The van der Waals surface area contributed by atoms with E-state index in [1.54, 1.807) is 36.0 Å². The lowest BCUT2D eigenvalue weighted by molar-refractivity contribution is -0.124. The van der Waals surface area contributed by atoms with E-state index in [4.69, 9.17) is 14.8 Å². The molecule has 0 spiro atoms. The van der Waals surface area contributed by atoms with Crippen LogP contribution in [-0.2, 0) is 11.4 Å². The van der Waals surface area contributed by atoms with Crippen molar-refractivity contribution < 1.29 is 19.4 Å². The quantitative estimate of drug-likeness (QED) is 0.228. The van der Waals surface area contributed by atoms with Gasteiger partial charge in [-0.1, -0.05) is 50.7 Å². The van der Waals surface area contributed by atoms with Gasteiger partial charge in [0.1, 0.15) is 12.4 Å². The molecule has 6 nitrogen and oxygen atoms in total. The Hall–Kier alpha value is -1.60. The van der Waals surface area contributed by atoms with Crippen molar-refractivity contribution in [3.8, 4) is 5.75 Å². The Morgan fingerprint density at radius 1 is 1.00 bits per heavy atom. The average molecular weight is 770 g/mol. The Labute approximate surface area is 261 Å². The van der Waals surface area contributed by atoms with Crippen molar-refractivity contribution in [2.75, 3.05) is 0 Å². The number of ether oxygens (including phenoxy) is 1. The number of aliphatic imine (C=N–C) groups is 1. The van der Waals surface area contributed by atoms with Crippen molar-refractivity contribution in [2.45, 2.75) is 82.9 Å². The van der Waals surface area contributed by atoms with Crippen molar-refractivity contribution in [3.05, 3.63) is 65.1 Å². The van der Waals surface area contributed by atoms with E-state index in [1.165, 1.54) is 38.5 Å². The summed E-state index contributed by atoms with van der Waals surface area (Å²) >= 11 is 6.10. The largest absolute Gasteiger partial charge is 0.487 e. The smallest absolute Gasteiger partial charge is 0.335 e. The van der Waals surface area contributed by atoms with Crippen molar-refractivity contribution in [2.24, 2.45) is 4.99 Å². The summed E-state index contributed by atoms with van der Waals surface area (Å²) in [5.41, 5.74) is 2.13. The van der Waals surface area contributed by atoms with Crippen molar-refractivity contribution >= 4 is 80.1 Å². The first-order chi connectivity index (χ1) is 18.9. The van der Waals surface area contributed by atoms with Crippen LogP contribution >= 0.6 is 56.9 Å². The van der Waals surface area contributed by atoms with Gasteiger partial charge >= 0.3 is 5.97 Å². The summed E-state index contributed by atoms with van der Waals surface area (Å²) in [6.07, 6.45) is 13.7. The van der Waals surface area contributed by atoms with Gasteiger partial charge in [0.2, 0.25) is 0 Å². The molecule has 1 heterocycles. The molecule has 1 aliphatic heterocycles. The second kappa shape index (κ2) is 13.4. The Bertz CT molecular complexity index is 1260. The number of hydrogen-bond acceptors (Lipinski definition) is 5. The minimum absolute atomic E-state index is 0.0941. The Morgan fingerprint density at radius 2 is 1.62 bits per heavy atom. The maximum absolute atomic E-state index is 13.7. The molecule has 2 saturated carbocycles. The van der Waals surface area contributed by atoms with Crippen LogP contribution in [0.15, 0.2) is 46.3 Å². The van der Waals surface area contributed by atoms with Gasteiger partial charge in [-0.15, -0.1) is 0 Å². The lowest BCUT2D eigenvalue weighted by Crippen LogP contribution is -2.41. The number of carboxylic acids is 1. The zero-order valence-corrected chi connectivity index (χ0v) is 26.8. The number of amides is 1. The van der Waals surface area contributed by atoms with Gasteiger partial charge in [0.25, 0.3) is 5.91 Å². The van der Waals surface area contributed by atoms with Crippen LogP contribution in [0.25, 0.3) is 6.08 Å². The van der Waals surface area contributed by atoms with E-state index in [1.807, 2.05) is 23.1 Å². The highest BCUT2D eigenvalue weighted by atomic mass is 127. The van der Waals surface area contributed by atoms with Gasteiger partial charge in [-0.2, -0.15) is 0 Å². The summed E-state index contributed by atoms with van der Waals surface area (Å²) in [5.74, 6) is -0.0597. The molecule has 206 valence electrons. The molecule has 1 N–H and O–H groups in total. The van der Waals surface area contributed by atoms with Gasteiger partial charge in [0, 0.05) is 6.04 Å². The van der Waals surface area contributed by atoms with E-state index in [2.05, 4.69) is 45.2 Å². The summed E-state index contributed by atoms with van der Waals surface area (Å²) < 4.78 is 8.04. The predicted octanol–water partition coefficient (Wildman–Crippen LogP) is 8.11. The molecular formula is C30H32I2N2O4S. The highest BCUT2D eigenvalue weighted by Crippen LogP contribution is 2.39. The molecule has 2 aromatic rings. The van der Waals surface area contributed by atoms with Gasteiger partial charge in [-0.3, -0.25) is 14.7 Å². The number of carboxylic acid groups (broad SMARTS) is 1. The number of rotatable bonds is 7. The van der Waals surface area contributed by atoms with Crippen LogP contribution in [0.5, 0.6) is 5.75 Å². The summed E-state index contributed by atoms with van der Waals surface area (Å²) in [6, 6.07) is 11.4. The molecule has 0 radical (unpaired) electrons. The van der Waals surface area contributed by atoms with Crippen LogP contribution < -0.4 is 4.74 Å². The van der Waals surface area contributed by atoms with Crippen LogP contribution in [-0.4, -0.2) is 39.1 Å². The van der Waals surface area contributed by atoms with E-state index in [9.17, 15) is 9.59 Å². The highest BCUT2D eigenvalue weighted by Gasteiger charge is 2.39. The molecule has 0 unspecified atom stereocenters. The summed E-state index contributed by atoms with van der Waals surface area (Å²) in [4.78, 5) is 32.7. The highest BCUT2D eigenvalue weighted by molar-refractivity contribution is 14.1. The standard InChI is InChI=1S/C30H32I2N2O4S/c31-24-15-20(16-25(32)27(24)38-18-19-11-13-21(14-12-19)29(36)37)17-26-28(35)34(23-9-5-2-6-10-23)30(39-26)33-22-7-3-1-4-8-22/h11-17,22-23H,1-10,18H2,(H,36,37). The Balaban J connectivity index is 1.34. The van der Waals surface area contributed by atoms with Crippen LogP contribution in [0.2, 0.25) is 0 Å². The lowest BCUT2D eigenvalue weighted by Gasteiger charge is -2.31. The third-order valence-electron chi connectivity index (χ3n) is 7.55. The van der Waals surface area contributed by atoms with Crippen LogP contribution in [0.1, 0.15) is 85.7 Å². The minimum Gasteiger partial charge on any atom is -0.487 e. The second-order valence-electron chi connectivity index (χ2n) is 10.4. The Morgan fingerprint density at radius 3 is 2.23 bits per heavy atom. The summed E-state index contributed by atoms with van der Waals surface area (Å²) in [5, 5.41) is 10.0. The number of hydrogen-bond donors (Lipinski definition) is 1. The molecule has 3 fully saturated rings. The molecule has 9 heteroatoms. The molecular weight excluding hydrogens is 738 g/mol. The molecule has 0 bridgehead atoms. The molecule has 0 aromatic heterocycles. The monoisotopic (exact) mass is 770 g/mol. The fourth-order valence-electron chi connectivity index (χ4n) is 5.46.